The number of aryl methyl sites for hydroxylation is 1. The maximum absolute atomic E-state index is 13.4. The zero-order chi connectivity index (χ0) is 25.1. The third kappa shape index (κ3) is 4.82. The van der Waals surface area contributed by atoms with Gasteiger partial charge >= 0.3 is 0 Å². The van der Waals surface area contributed by atoms with Crippen molar-refractivity contribution in [1.82, 2.24) is 30.1 Å². The normalized spacial score (nSPS) is 15.4. The highest BCUT2D eigenvalue weighted by molar-refractivity contribution is 5.79. The molecule has 0 spiro atoms. The Hall–Kier alpha value is -3.76. The van der Waals surface area contributed by atoms with Crippen LogP contribution in [-0.4, -0.2) is 77.1 Å². The molecule has 10 nitrogen and oxygen atoms in total. The summed E-state index contributed by atoms with van der Waals surface area (Å²) in [5.41, 5.74) is 3.61. The standard InChI is InChI=1S/C26H31N7O3/c1-18-4-9-23-19(16-18)17-22(26(34)27-23)24(25-28-29-30-33(25)14-15-35-2)32-12-10-31(11-13-32)20-5-7-21(36-3)8-6-20/h4-9,16-17,24H,10-15H2,1-3H3,(H,27,34). The van der Waals surface area contributed by atoms with Gasteiger partial charge in [-0.3, -0.25) is 9.69 Å². The van der Waals surface area contributed by atoms with Crippen molar-refractivity contribution in [3.05, 3.63) is 75.8 Å². The van der Waals surface area contributed by atoms with Crippen LogP contribution < -0.4 is 15.2 Å². The molecule has 10 heteroatoms. The Morgan fingerprint density at radius 1 is 1.03 bits per heavy atom. The number of tetrazole rings is 1. The lowest BCUT2D eigenvalue weighted by atomic mass is 10.0. The molecule has 5 rings (SSSR count). The van der Waals surface area contributed by atoms with Crippen molar-refractivity contribution in [2.75, 3.05) is 51.9 Å². The second kappa shape index (κ2) is 10.5. The molecule has 0 bridgehead atoms. The number of benzene rings is 2. The molecule has 1 aliphatic rings. The maximum Gasteiger partial charge on any atom is 0.253 e. The van der Waals surface area contributed by atoms with Crippen LogP contribution in [0.15, 0.2) is 53.3 Å². The first-order chi connectivity index (χ1) is 17.6. The fourth-order valence-corrected chi connectivity index (χ4v) is 4.82. The number of methoxy groups -OCH3 is 2. The first kappa shape index (κ1) is 24.0. The number of nitrogens with zero attached hydrogens (tertiary/aromatic N) is 6. The molecular formula is C26H31N7O3. The average molecular weight is 490 g/mol. The molecule has 0 radical (unpaired) electrons. The minimum atomic E-state index is -0.386. The summed E-state index contributed by atoms with van der Waals surface area (Å²) >= 11 is 0. The van der Waals surface area contributed by atoms with E-state index < -0.39 is 0 Å². The molecule has 1 aliphatic heterocycles. The second-order valence-corrected chi connectivity index (χ2v) is 9.02. The van der Waals surface area contributed by atoms with Crippen LogP contribution in [0.25, 0.3) is 10.9 Å². The van der Waals surface area contributed by atoms with E-state index in [1.54, 1.807) is 18.9 Å². The molecule has 36 heavy (non-hydrogen) atoms. The SMILES string of the molecule is COCCn1nnnc1C(c1cc2cc(C)ccc2[nH]c1=O)N1CCN(c2ccc(OC)cc2)CC1. The number of anilines is 1. The van der Waals surface area contributed by atoms with Gasteiger partial charge in [-0.2, -0.15) is 0 Å². The van der Waals surface area contributed by atoms with E-state index in [0.717, 1.165) is 54.1 Å². The van der Waals surface area contributed by atoms with Crippen LogP contribution in [0.2, 0.25) is 0 Å². The monoisotopic (exact) mass is 489 g/mol. The van der Waals surface area contributed by atoms with E-state index in [0.29, 0.717) is 24.5 Å². The van der Waals surface area contributed by atoms with E-state index in [2.05, 4.69) is 48.5 Å². The quantitative estimate of drug-likeness (QED) is 0.403. The van der Waals surface area contributed by atoms with Crippen molar-refractivity contribution in [1.29, 1.82) is 0 Å². The van der Waals surface area contributed by atoms with Gasteiger partial charge in [-0.25, -0.2) is 4.68 Å². The predicted molar refractivity (Wildman–Crippen MR) is 138 cm³/mol. The predicted octanol–water partition coefficient (Wildman–Crippen LogP) is 2.39. The van der Waals surface area contributed by atoms with E-state index in [1.807, 2.05) is 37.3 Å². The Balaban J connectivity index is 1.49. The molecule has 1 unspecified atom stereocenters. The molecule has 1 fully saturated rings. The third-order valence-electron chi connectivity index (χ3n) is 6.75. The van der Waals surface area contributed by atoms with Crippen molar-refractivity contribution in [3.8, 4) is 5.75 Å². The molecule has 2 aromatic heterocycles. The number of rotatable bonds is 8. The molecule has 0 aliphatic carbocycles. The van der Waals surface area contributed by atoms with Crippen LogP contribution in [0.3, 0.4) is 0 Å². The second-order valence-electron chi connectivity index (χ2n) is 9.02. The first-order valence-electron chi connectivity index (χ1n) is 12.1. The Labute approximate surface area is 209 Å². The van der Waals surface area contributed by atoms with Gasteiger partial charge < -0.3 is 19.4 Å². The molecule has 4 aromatic rings. The van der Waals surface area contributed by atoms with Gasteiger partial charge in [-0.15, -0.1) is 5.10 Å². The smallest absolute Gasteiger partial charge is 0.253 e. The van der Waals surface area contributed by atoms with E-state index >= 15 is 0 Å². The molecule has 1 atom stereocenters. The van der Waals surface area contributed by atoms with Gasteiger partial charge in [0.25, 0.3) is 5.56 Å². The van der Waals surface area contributed by atoms with Crippen LogP contribution in [0.1, 0.15) is 23.0 Å². The van der Waals surface area contributed by atoms with E-state index in [4.69, 9.17) is 9.47 Å². The van der Waals surface area contributed by atoms with Gasteiger partial charge in [0.05, 0.1) is 20.3 Å². The van der Waals surface area contributed by atoms with E-state index in [1.165, 1.54) is 0 Å². The molecular weight excluding hydrogens is 458 g/mol. The number of aromatic nitrogens is 5. The first-order valence-corrected chi connectivity index (χ1v) is 12.1. The van der Waals surface area contributed by atoms with Crippen LogP contribution in [0, 0.1) is 6.92 Å². The Morgan fingerprint density at radius 2 is 1.81 bits per heavy atom. The molecule has 3 heterocycles. The average Bonchev–Trinajstić information content (AvgIpc) is 3.36. The van der Waals surface area contributed by atoms with Crippen LogP contribution in [0.5, 0.6) is 5.75 Å². The van der Waals surface area contributed by atoms with E-state index in [-0.39, 0.29) is 11.6 Å². The summed E-state index contributed by atoms with van der Waals surface area (Å²) in [6, 6.07) is 15.7. The summed E-state index contributed by atoms with van der Waals surface area (Å²) in [4.78, 5) is 21.1. The molecule has 0 amide bonds. The molecule has 1 saturated heterocycles. The van der Waals surface area contributed by atoms with Crippen molar-refractivity contribution >= 4 is 16.6 Å². The van der Waals surface area contributed by atoms with Crippen molar-refractivity contribution in [2.24, 2.45) is 0 Å². The lowest BCUT2D eigenvalue weighted by Crippen LogP contribution is -2.49. The Bertz CT molecular complexity index is 1370. The van der Waals surface area contributed by atoms with Crippen LogP contribution >= 0.6 is 0 Å². The number of hydrogen-bond acceptors (Lipinski definition) is 8. The topological polar surface area (TPSA) is 101 Å². The summed E-state index contributed by atoms with van der Waals surface area (Å²) in [6.07, 6.45) is 0. The van der Waals surface area contributed by atoms with Crippen molar-refractivity contribution in [3.63, 3.8) is 0 Å². The van der Waals surface area contributed by atoms with Gasteiger partial charge in [0.1, 0.15) is 11.8 Å². The minimum Gasteiger partial charge on any atom is -0.497 e. The zero-order valence-electron chi connectivity index (χ0n) is 20.8. The zero-order valence-corrected chi connectivity index (χ0v) is 20.8. The fourth-order valence-electron chi connectivity index (χ4n) is 4.82. The summed E-state index contributed by atoms with van der Waals surface area (Å²) in [7, 11) is 3.32. The third-order valence-corrected chi connectivity index (χ3v) is 6.75. The summed E-state index contributed by atoms with van der Waals surface area (Å²) in [5.74, 6) is 1.48. The summed E-state index contributed by atoms with van der Waals surface area (Å²) in [5, 5.41) is 13.5. The molecule has 2 aromatic carbocycles. The molecule has 0 saturated carbocycles. The minimum absolute atomic E-state index is 0.129. The number of piperazine rings is 1. The molecule has 1 N–H and O–H groups in total. The van der Waals surface area contributed by atoms with Crippen LogP contribution in [0.4, 0.5) is 5.69 Å². The van der Waals surface area contributed by atoms with Crippen molar-refractivity contribution < 1.29 is 9.47 Å². The Kier molecular flexibility index (Phi) is 6.97. The number of fused-ring (bicyclic) bond motifs is 1. The molecule has 188 valence electrons. The largest absolute Gasteiger partial charge is 0.497 e. The lowest BCUT2D eigenvalue weighted by molar-refractivity contribution is 0.171. The van der Waals surface area contributed by atoms with Gasteiger partial charge in [0, 0.05) is 50.1 Å². The van der Waals surface area contributed by atoms with Gasteiger partial charge in [-0.1, -0.05) is 11.6 Å². The highest BCUT2D eigenvalue weighted by atomic mass is 16.5. The fraction of sp³-hybridized carbons (Fsp3) is 0.385. The van der Waals surface area contributed by atoms with Gasteiger partial charge in [0.2, 0.25) is 0 Å². The number of hydrogen-bond donors (Lipinski definition) is 1. The highest BCUT2D eigenvalue weighted by Gasteiger charge is 2.32. The highest BCUT2D eigenvalue weighted by Crippen LogP contribution is 2.29. The number of nitrogens with one attached hydrogen (secondary N) is 1. The van der Waals surface area contributed by atoms with Gasteiger partial charge in [-0.05, 0) is 65.2 Å². The Morgan fingerprint density at radius 3 is 2.53 bits per heavy atom. The van der Waals surface area contributed by atoms with Gasteiger partial charge in [0.15, 0.2) is 5.82 Å². The maximum atomic E-state index is 13.4. The van der Waals surface area contributed by atoms with E-state index in [9.17, 15) is 4.79 Å². The summed E-state index contributed by atoms with van der Waals surface area (Å²) < 4.78 is 12.3. The number of H-pyrrole nitrogens is 1. The van der Waals surface area contributed by atoms with Crippen molar-refractivity contribution in [2.45, 2.75) is 19.5 Å². The number of ether oxygens (including phenoxy) is 2. The van der Waals surface area contributed by atoms with Crippen LogP contribution in [-0.2, 0) is 11.3 Å². The number of aromatic amines is 1. The number of pyridine rings is 1. The lowest BCUT2D eigenvalue weighted by Gasteiger charge is -2.39. The summed E-state index contributed by atoms with van der Waals surface area (Å²) in [6.45, 7) is 6.15.